The fourth-order valence-electron chi connectivity index (χ4n) is 3.67. The van der Waals surface area contributed by atoms with Gasteiger partial charge < -0.3 is 15.5 Å². The summed E-state index contributed by atoms with van der Waals surface area (Å²) < 4.78 is 0. The van der Waals surface area contributed by atoms with Crippen molar-refractivity contribution >= 4 is 0 Å². The highest BCUT2D eigenvalue weighted by Gasteiger charge is 2.41. The summed E-state index contributed by atoms with van der Waals surface area (Å²) in [4.78, 5) is 5.00. The molecule has 1 saturated heterocycles. The Morgan fingerprint density at radius 1 is 1.22 bits per heavy atom. The average molecular weight is 253 g/mol. The van der Waals surface area contributed by atoms with E-state index in [2.05, 4.69) is 37.7 Å². The van der Waals surface area contributed by atoms with Crippen LogP contribution < -0.4 is 5.73 Å². The second-order valence-electron chi connectivity index (χ2n) is 7.31. The summed E-state index contributed by atoms with van der Waals surface area (Å²) >= 11 is 0. The zero-order chi connectivity index (χ0) is 13.3. The Morgan fingerprint density at radius 2 is 1.83 bits per heavy atom. The molecule has 2 aliphatic rings. The highest BCUT2D eigenvalue weighted by atomic mass is 15.2. The van der Waals surface area contributed by atoms with E-state index >= 15 is 0 Å². The highest BCUT2D eigenvalue weighted by molar-refractivity contribution is 4.98. The second-order valence-corrected chi connectivity index (χ2v) is 7.31. The summed E-state index contributed by atoms with van der Waals surface area (Å²) in [6.45, 7) is 8.41. The standard InChI is InChI=1S/C15H31N3/c1-15(2)8-5-13(14(15)16)18(4)11-12-6-9-17(3)10-7-12/h12-14H,5-11,16H2,1-4H3. The number of nitrogens with two attached hydrogens (primary N) is 1. The van der Waals surface area contributed by atoms with Crippen LogP contribution in [0.15, 0.2) is 0 Å². The fourth-order valence-corrected chi connectivity index (χ4v) is 3.67. The zero-order valence-corrected chi connectivity index (χ0v) is 12.7. The van der Waals surface area contributed by atoms with E-state index in [1.165, 1.54) is 45.3 Å². The van der Waals surface area contributed by atoms with Gasteiger partial charge in [-0.05, 0) is 64.2 Å². The highest BCUT2D eigenvalue weighted by Crippen LogP contribution is 2.38. The molecule has 0 bridgehead atoms. The Kier molecular flexibility index (Phi) is 4.35. The van der Waals surface area contributed by atoms with Crippen LogP contribution >= 0.6 is 0 Å². The van der Waals surface area contributed by atoms with E-state index < -0.39 is 0 Å². The summed E-state index contributed by atoms with van der Waals surface area (Å²) in [5.41, 5.74) is 6.76. The SMILES string of the molecule is CN1CCC(CN(C)C2CCC(C)(C)C2N)CC1. The fraction of sp³-hybridized carbons (Fsp3) is 1.00. The van der Waals surface area contributed by atoms with Gasteiger partial charge in [-0.2, -0.15) is 0 Å². The Bertz CT molecular complexity index is 269. The van der Waals surface area contributed by atoms with Gasteiger partial charge in [-0.25, -0.2) is 0 Å². The molecule has 0 amide bonds. The number of rotatable bonds is 3. The van der Waals surface area contributed by atoms with Crippen molar-refractivity contribution in [3.8, 4) is 0 Å². The molecule has 2 unspecified atom stereocenters. The van der Waals surface area contributed by atoms with E-state index in [9.17, 15) is 0 Å². The first kappa shape index (κ1) is 14.3. The van der Waals surface area contributed by atoms with Crippen molar-refractivity contribution in [2.24, 2.45) is 17.1 Å². The lowest BCUT2D eigenvalue weighted by atomic mass is 9.87. The van der Waals surface area contributed by atoms with E-state index in [0.29, 0.717) is 17.5 Å². The summed E-state index contributed by atoms with van der Waals surface area (Å²) in [6, 6.07) is 0.938. The first-order chi connectivity index (χ1) is 8.40. The van der Waals surface area contributed by atoms with Crippen LogP contribution in [0.1, 0.15) is 39.5 Å². The van der Waals surface area contributed by atoms with Gasteiger partial charge in [0.1, 0.15) is 0 Å². The molecule has 106 valence electrons. The molecular weight excluding hydrogens is 222 g/mol. The number of likely N-dealkylation sites (tertiary alicyclic amines) is 1. The van der Waals surface area contributed by atoms with Crippen LogP contribution in [0.2, 0.25) is 0 Å². The van der Waals surface area contributed by atoms with Gasteiger partial charge in [0.05, 0.1) is 0 Å². The van der Waals surface area contributed by atoms with E-state index in [1.807, 2.05) is 0 Å². The summed E-state index contributed by atoms with van der Waals surface area (Å²) in [5, 5.41) is 0. The van der Waals surface area contributed by atoms with Gasteiger partial charge in [0, 0.05) is 18.6 Å². The largest absolute Gasteiger partial charge is 0.326 e. The summed E-state index contributed by atoms with van der Waals surface area (Å²) in [7, 11) is 4.51. The van der Waals surface area contributed by atoms with Crippen LogP contribution in [0.25, 0.3) is 0 Å². The lowest BCUT2D eigenvalue weighted by Gasteiger charge is -2.36. The van der Waals surface area contributed by atoms with E-state index in [1.54, 1.807) is 0 Å². The van der Waals surface area contributed by atoms with Crippen LogP contribution in [0.3, 0.4) is 0 Å². The Labute approximate surface area is 113 Å². The Balaban J connectivity index is 1.83. The maximum atomic E-state index is 6.43. The topological polar surface area (TPSA) is 32.5 Å². The van der Waals surface area contributed by atoms with Gasteiger partial charge in [0.15, 0.2) is 0 Å². The third-order valence-corrected chi connectivity index (χ3v) is 5.35. The van der Waals surface area contributed by atoms with Crippen molar-refractivity contribution in [1.29, 1.82) is 0 Å². The van der Waals surface area contributed by atoms with Gasteiger partial charge in [-0.15, -0.1) is 0 Å². The summed E-state index contributed by atoms with van der Waals surface area (Å²) in [6.07, 6.45) is 5.26. The van der Waals surface area contributed by atoms with Crippen LogP contribution in [0.4, 0.5) is 0 Å². The van der Waals surface area contributed by atoms with Crippen molar-refractivity contribution in [2.45, 2.75) is 51.6 Å². The second kappa shape index (κ2) is 5.48. The number of likely N-dealkylation sites (N-methyl/N-ethyl adjacent to an activating group) is 1. The lowest BCUT2D eigenvalue weighted by molar-refractivity contribution is 0.135. The van der Waals surface area contributed by atoms with E-state index in [-0.39, 0.29) is 0 Å². The van der Waals surface area contributed by atoms with Crippen LogP contribution in [-0.4, -0.2) is 55.6 Å². The molecule has 1 heterocycles. The third kappa shape index (κ3) is 3.06. The molecule has 3 nitrogen and oxygen atoms in total. The molecule has 0 aromatic heterocycles. The zero-order valence-electron chi connectivity index (χ0n) is 12.7. The van der Waals surface area contributed by atoms with Crippen LogP contribution in [0.5, 0.6) is 0 Å². The molecular formula is C15H31N3. The first-order valence-corrected chi connectivity index (χ1v) is 7.54. The molecule has 2 rings (SSSR count). The van der Waals surface area contributed by atoms with Crippen molar-refractivity contribution in [2.75, 3.05) is 33.7 Å². The normalized spacial score (nSPS) is 34.3. The summed E-state index contributed by atoms with van der Waals surface area (Å²) in [5.74, 6) is 0.877. The minimum absolute atomic E-state index is 0.325. The van der Waals surface area contributed by atoms with E-state index in [0.717, 1.165) is 5.92 Å². The predicted molar refractivity (Wildman–Crippen MR) is 77.6 cm³/mol. The maximum absolute atomic E-state index is 6.43. The molecule has 0 spiro atoms. The van der Waals surface area contributed by atoms with Crippen LogP contribution in [-0.2, 0) is 0 Å². The molecule has 2 fully saturated rings. The monoisotopic (exact) mass is 253 g/mol. The van der Waals surface area contributed by atoms with Gasteiger partial charge in [0.2, 0.25) is 0 Å². The Hall–Kier alpha value is -0.120. The van der Waals surface area contributed by atoms with E-state index in [4.69, 9.17) is 5.73 Å². The molecule has 3 heteroatoms. The number of hydrogen-bond donors (Lipinski definition) is 1. The van der Waals surface area contributed by atoms with Crippen molar-refractivity contribution in [3.63, 3.8) is 0 Å². The molecule has 0 aromatic rings. The molecule has 18 heavy (non-hydrogen) atoms. The minimum atomic E-state index is 0.325. The molecule has 1 aliphatic carbocycles. The third-order valence-electron chi connectivity index (χ3n) is 5.35. The molecule has 0 radical (unpaired) electrons. The molecule has 1 saturated carbocycles. The average Bonchev–Trinajstić information content (AvgIpc) is 2.58. The first-order valence-electron chi connectivity index (χ1n) is 7.54. The van der Waals surface area contributed by atoms with Crippen LogP contribution in [0, 0.1) is 11.3 Å². The van der Waals surface area contributed by atoms with Crippen molar-refractivity contribution < 1.29 is 0 Å². The van der Waals surface area contributed by atoms with Gasteiger partial charge in [-0.3, -0.25) is 0 Å². The van der Waals surface area contributed by atoms with Gasteiger partial charge in [0.25, 0.3) is 0 Å². The van der Waals surface area contributed by atoms with Gasteiger partial charge in [-0.1, -0.05) is 13.8 Å². The quantitative estimate of drug-likeness (QED) is 0.832. The maximum Gasteiger partial charge on any atom is 0.0249 e. The van der Waals surface area contributed by atoms with Crippen molar-refractivity contribution in [1.82, 2.24) is 9.80 Å². The number of nitrogens with zero attached hydrogens (tertiary/aromatic N) is 2. The number of hydrogen-bond acceptors (Lipinski definition) is 3. The smallest absolute Gasteiger partial charge is 0.0249 e. The molecule has 2 N–H and O–H groups in total. The lowest BCUT2D eigenvalue weighted by Crippen LogP contribution is -2.49. The molecule has 0 aromatic carbocycles. The van der Waals surface area contributed by atoms with Crippen molar-refractivity contribution in [3.05, 3.63) is 0 Å². The predicted octanol–water partition coefficient (Wildman–Crippen LogP) is 1.78. The molecule has 1 aliphatic heterocycles. The van der Waals surface area contributed by atoms with Gasteiger partial charge >= 0.3 is 0 Å². The Morgan fingerprint density at radius 3 is 2.33 bits per heavy atom. The molecule has 2 atom stereocenters. The minimum Gasteiger partial charge on any atom is -0.326 e. The number of piperidine rings is 1.